The van der Waals surface area contributed by atoms with Crippen LogP contribution in [-0.4, -0.2) is 37.2 Å². The molecule has 0 N–H and O–H groups in total. The summed E-state index contributed by atoms with van der Waals surface area (Å²) in [5.41, 5.74) is 0. The maximum Gasteiger partial charge on any atom is 0.282 e. The summed E-state index contributed by atoms with van der Waals surface area (Å²) in [7, 11) is -1.85. The topological polar surface area (TPSA) is 53.8 Å². The molecule has 1 aromatic heterocycles. The van der Waals surface area contributed by atoms with Crippen LogP contribution in [0.5, 0.6) is 0 Å². The summed E-state index contributed by atoms with van der Waals surface area (Å²) >= 11 is 3.18. The van der Waals surface area contributed by atoms with E-state index in [2.05, 4.69) is 15.9 Å². The quantitative estimate of drug-likeness (QED) is 0.804. The van der Waals surface area contributed by atoms with E-state index in [0.29, 0.717) is 23.5 Å². The fraction of sp³-hybridized carbons (Fsp3) is 0.600. The van der Waals surface area contributed by atoms with Gasteiger partial charge in [-0.05, 0) is 28.1 Å². The van der Waals surface area contributed by atoms with E-state index in [4.69, 9.17) is 4.42 Å². The van der Waals surface area contributed by atoms with Gasteiger partial charge in [-0.15, -0.1) is 0 Å². The first kappa shape index (κ1) is 14.7. The predicted molar refractivity (Wildman–Crippen MR) is 69.7 cm³/mol. The Hall–Kier alpha value is -0.370. The van der Waals surface area contributed by atoms with Gasteiger partial charge in [0.05, 0.1) is 6.54 Å². The number of hydrogen-bond acceptors (Lipinski definition) is 3. The van der Waals surface area contributed by atoms with Crippen molar-refractivity contribution in [1.29, 1.82) is 0 Å². The van der Waals surface area contributed by atoms with Gasteiger partial charge in [-0.3, -0.25) is 0 Å². The van der Waals surface area contributed by atoms with Gasteiger partial charge in [0.15, 0.2) is 4.67 Å². The number of furan rings is 1. The van der Waals surface area contributed by atoms with Crippen molar-refractivity contribution in [2.45, 2.75) is 20.4 Å². The molecule has 7 heteroatoms. The molecule has 0 bridgehead atoms. The molecule has 0 fully saturated rings. The molecule has 0 unspecified atom stereocenters. The van der Waals surface area contributed by atoms with E-state index >= 15 is 0 Å². The lowest BCUT2D eigenvalue weighted by Crippen LogP contribution is -2.41. The van der Waals surface area contributed by atoms with Crippen LogP contribution in [0.15, 0.2) is 21.2 Å². The first-order valence-corrected chi connectivity index (χ1v) is 7.56. The Morgan fingerprint density at radius 1 is 1.29 bits per heavy atom. The highest BCUT2D eigenvalue weighted by molar-refractivity contribution is 9.10. The van der Waals surface area contributed by atoms with Crippen molar-refractivity contribution >= 4 is 26.1 Å². The van der Waals surface area contributed by atoms with Crippen LogP contribution in [0.25, 0.3) is 0 Å². The van der Waals surface area contributed by atoms with Crippen molar-refractivity contribution < 1.29 is 12.8 Å². The van der Waals surface area contributed by atoms with Crippen LogP contribution in [-0.2, 0) is 16.8 Å². The summed E-state index contributed by atoms with van der Waals surface area (Å²) in [4.78, 5) is 0. The fourth-order valence-electron chi connectivity index (χ4n) is 1.48. The Bertz CT molecular complexity index is 454. The van der Waals surface area contributed by atoms with E-state index < -0.39 is 10.2 Å². The van der Waals surface area contributed by atoms with Crippen LogP contribution in [0.3, 0.4) is 0 Å². The van der Waals surface area contributed by atoms with Crippen LogP contribution in [0.4, 0.5) is 0 Å². The second-order valence-corrected chi connectivity index (χ2v) is 6.37. The highest BCUT2D eigenvalue weighted by atomic mass is 79.9. The van der Waals surface area contributed by atoms with Gasteiger partial charge >= 0.3 is 0 Å². The Morgan fingerprint density at radius 2 is 1.88 bits per heavy atom. The zero-order valence-corrected chi connectivity index (χ0v) is 12.6. The van der Waals surface area contributed by atoms with Crippen molar-refractivity contribution in [1.82, 2.24) is 8.61 Å². The van der Waals surface area contributed by atoms with Gasteiger partial charge in [0.25, 0.3) is 10.2 Å². The second kappa shape index (κ2) is 5.99. The highest BCUT2D eigenvalue weighted by Gasteiger charge is 2.25. The van der Waals surface area contributed by atoms with Gasteiger partial charge in [-0.1, -0.05) is 13.8 Å². The minimum absolute atomic E-state index is 0.227. The predicted octanol–water partition coefficient (Wildman–Crippen LogP) is 2.06. The lowest BCUT2D eigenvalue weighted by Gasteiger charge is -2.24. The zero-order valence-electron chi connectivity index (χ0n) is 10.2. The minimum atomic E-state index is -3.40. The average molecular weight is 325 g/mol. The molecule has 1 heterocycles. The summed E-state index contributed by atoms with van der Waals surface area (Å²) in [6, 6.07) is 3.49. The number of rotatable bonds is 6. The third-order valence-electron chi connectivity index (χ3n) is 2.43. The molecule has 0 aliphatic carbocycles. The van der Waals surface area contributed by atoms with E-state index in [1.54, 1.807) is 19.2 Å². The van der Waals surface area contributed by atoms with Crippen molar-refractivity contribution in [2.75, 3.05) is 20.1 Å². The molecule has 1 aromatic rings. The van der Waals surface area contributed by atoms with E-state index in [1.165, 1.54) is 8.61 Å². The molecule has 0 saturated carbocycles. The molecular weight excluding hydrogens is 308 g/mol. The highest BCUT2D eigenvalue weighted by Crippen LogP contribution is 2.17. The molecule has 0 radical (unpaired) electrons. The maximum atomic E-state index is 12.1. The number of halogens is 1. The van der Waals surface area contributed by atoms with Crippen LogP contribution in [0, 0.1) is 0 Å². The molecule has 98 valence electrons. The Balaban J connectivity index is 2.79. The fourth-order valence-corrected chi connectivity index (χ4v) is 3.16. The van der Waals surface area contributed by atoms with Crippen LogP contribution < -0.4 is 0 Å². The van der Waals surface area contributed by atoms with Gasteiger partial charge in [0, 0.05) is 20.1 Å². The summed E-state index contributed by atoms with van der Waals surface area (Å²) in [5.74, 6) is 0.607. The third-order valence-corrected chi connectivity index (χ3v) is 4.94. The molecule has 0 spiro atoms. The molecule has 0 atom stereocenters. The first-order valence-electron chi connectivity index (χ1n) is 5.37. The molecule has 0 amide bonds. The monoisotopic (exact) mass is 324 g/mol. The Labute approximate surface area is 111 Å². The Morgan fingerprint density at radius 3 is 2.29 bits per heavy atom. The summed E-state index contributed by atoms with van der Waals surface area (Å²) in [6.07, 6.45) is 0. The molecular formula is C10H17BrN2O3S. The Kier molecular flexibility index (Phi) is 5.18. The van der Waals surface area contributed by atoms with Gasteiger partial charge < -0.3 is 4.42 Å². The molecule has 1 rings (SSSR count). The summed E-state index contributed by atoms with van der Waals surface area (Å²) in [6.45, 7) is 4.79. The smallest absolute Gasteiger partial charge is 0.282 e. The largest absolute Gasteiger partial charge is 0.453 e. The summed E-state index contributed by atoms with van der Waals surface area (Å²) in [5, 5.41) is 0. The molecule has 0 aliphatic rings. The lowest BCUT2D eigenvalue weighted by molar-refractivity contribution is 0.351. The van der Waals surface area contributed by atoms with Crippen molar-refractivity contribution in [2.24, 2.45) is 0 Å². The van der Waals surface area contributed by atoms with Crippen LogP contribution in [0.1, 0.15) is 19.6 Å². The zero-order chi connectivity index (χ0) is 13.1. The van der Waals surface area contributed by atoms with Crippen LogP contribution >= 0.6 is 15.9 Å². The van der Waals surface area contributed by atoms with E-state index in [0.717, 1.165) is 0 Å². The maximum absolute atomic E-state index is 12.1. The average Bonchev–Trinajstić information content (AvgIpc) is 2.65. The van der Waals surface area contributed by atoms with Gasteiger partial charge in [0.1, 0.15) is 5.76 Å². The van der Waals surface area contributed by atoms with Gasteiger partial charge in [0.2, 0.25) is 0 Å². The van der Waals surface area contributed by atoms with Crippen molar-refractivity contribution in [3.8, 4) is 0 Å². The van der Waals surface area contributed by atoms with Crippen LogP contribution in [0.2, 0.25) is 0 Å². The standard InChI is InChI=1S/C10H17BrN2O3S/c1-4-13(5-2)17(14,15)12(3)8-9-6-7-10(11)16-9/h6-7H,4-5,8H2,1-3H3. The SMILES string of the molecule is CCN(CC)S(=O)(=O)N(C)Cc1ccc(Br)o1. The number of hydrogen-bond donors (Lipinski definition) is 0. The molecule has 5 nitrogen and oxygen atoms in total. The molecule has 17 heavy (non-hydrogen) atoms. The second-order valence-electron chi connectivity index (χ2n) is 3.55. The van der Waals surface area contributed by atoms with E-state index in [-0.39, 0.29) is 6.54 Å². The number of nitrogens with zero attached hydrogens (tertiary/aromatic N) is 2. The lowest BCUT2D eigenvalue weighted by atomic mass is 10.4. The molecule has 0 saturated heterocycles. The van der Waals surface area contributed by atoms with Gasteiger partial charge in [-0.25, -0.2) is 0 Å². The first-order chi connectivity index (χ1) is 7.91. The minimum Gasteiger partial charge on any atom is -0.453 e. The third kappa shape index (κ3) is 3.54. The van der Waals surface area contributed by atoms with E-state index in [9.17, 15) is 8.42 Å². The van der Waals surface area contributed by atoms with Crippen molar-refractivity contribution in [3.63, 3.8) is 0 Å². The molecule has 0 aromatic carbocycles. The van der Waals surface area contributed by atoms with Crippen molar-refractivity contribution in [3.05, 3.63) is 22.6 Å². The molecule has 0 aliphatic heterocycles. The normalized spacial score (nSPS) is 12.6. The van der Waals surface area contributed by atoms with Gasteiger partial charge in [-0.2, -0.15) is 17.0 Å². The summed E-state index contributed by atoms with van der Waals surface area (Å²) < 4.78 is 32.8. The van der Waals surface area contributed by atoms with E-state index in [1.807, 2.05) is 13.8 Å².